The van der Waals surface area contributed by atoms with E-state index in [1.807, 2.05) is 0 Å². The van der Waals surface area contributed by atoms with Crippen molar-refractivity contribution in [2.45, 2.75) is 50.6 Å². The standard InChI is InChI=1S/C18H26N2O2/c1-22-12-15-5-3-9-20(15)11-13-7-8-16-14(10-13)4-2-6-17(16)18(19)21/h7-8,10,15,17H,2-6,9,11-12H2,1H3,(H2,19,21). The normalized spacial score (nSPS) is 25.1. The zero-order valence-electron chi connectivity index (χ0n) is 13.4. The third-order valence-corrected chi connectivity index (χ3v) is 5.11. The summed E-state index contributed by atoms with van der Waals surface area (Å²) < 4.78 is 5.33. The summed E-state index contributed by atoms with van der Waals surface area (Å²) in [7, 11) is 1.78. The van der Waals surface area contributed by atoms with Gasteiger partial charge < -0.3 is 10.5 Å². The van der Waals surface area contributed by atoms with Crippen molar-refractivity contribution in [1.29, 1.82) is 0 Å². The molecule has 4 heteroatoms. The van der Waals surface area contributed by atoms with Crippen molar-refractivity contribution in [3.05, 3.63) is 34.9 Å². The third-order valence-electron chi connectivity index (χ3n) is 5.11. The number of likely N-dealkylation sites (tertiary alicyclic amines) is 1. The molecule has 1 aromatic rings. The molecule has 0 radical (unpaired) electrons. The highest BCUT2D eigenvalue weighted by Crippen LogP contribution is 2.32. The molecule has 0 saturated carbocycles. The minimum atomic E-state index is -0.187. The average molecular weight is 302 g/mol. The molecule has 1 aromatic carbocycles. The maximum absolute atomic E-state index is 11.6. The minimum absolute atomic E-state index is 0.0918. The second-order valence-corrected chi connectivity index (χ2v) is 6.60. The molecule has 1 saturated heterocycles. The first-order chi connectivity index (χ1) is 10.7. The lowest BCUT2D eigenvalue weighted by Crippen LogP contribution is -2.32. The van der Waals surface area contributed by atoms with Crippen molar-refractivity contribution in [3.63, 3.8) is 0 Å². The highest BCUT2D eigenvalue weighted by atomic mass is 16.5. The molecule has 1 amide bonds. The van der Waals surface area contributed by atoms with Gasteiger partial charge in [0.15, 0.2) is 0 Å². The van der Waals surface area contributed by atoms with E-state index in [0.717, 1.165) is 44.5 Å². The van der Waals surface area contributed by atoms with Crippen LogP contribution in [0.25, 0.3) is 0 Å². The summed E-state index contributed by atoms with van der Waals surface area (Å²) in [5.74, 6) is -0.278. The predicted molar refractivity (Wildman–Crippen MR) is 86.6 cm³/mol. The molecular weight excluding hydrogens is 276 g/mol. The number of benzene rings is 1. The molecular formula is C18H26N2O2. The topological polar surface area (TPSA) is 55.6 Å². The van der Waals surface area contributed by atoms with Gasteiger partial charge in [0, 0.05) is 19.7 Å². The number of nitrogens with zero attached hydrogens (tertiary/aromatic N) is 1. The van der Waals surface area contributed by atoms with Crippen LogP contribution in [-0.4, -0.2) is 37.1 Å². The van der Waals surface area contributed by atoms with Crippen molar-refractivity contribution in [2.75, 3.05) is 20.3 Å². The number of nitrogens with two attached hydrogens (primary N) is 1. The van der Waals surface area contributed by atoms with Crippen LogP contribution in [0.1, 0.15) is 48.3 Å². The second kappa shape index (κ2) is 6.80. The van der Waals surface area contributed by atoms with Crippen LogP contribution >= 0.6 is 0 Å². The number of ether oxygens (including phenoxy) is 1. The Morgan fingerprint density at radius 3 is 3.00 bits per heavy atom. The van der Waals surface area contributed by atoms with Gasteiger partial charge in [-0.2, -0.15) is 0 Å². The molecule has 22 heavy (non-hydrogen) atoms. The van der Waals surface area contributed by atoms with Crippen molar-refractivity contribution < 1.29 is 9.53 Å². The van der Waals surface area contributed by atoms with Crippen LogP contribution in [0, 0.1) is 0 Å². The molecule has 2 unspecified atom stereocenters. The molecule has 2 aliphatic rings. The lowest BCUT2D eigenvalue weighted by molar-refractivity contribution is -0.119. The summed E-state index contributed by atoms with van der Waals surface area (Å²) in [6.45, 7) is 2.94. The molecule has 3 rings (SSSR count). The van der Waals surface area contributed by atoms with Gasteiger partial charge in [0.1, 0.15) is 0 Å². The van der Waals surface area contributed by atoms with Crippen LogP contribution in [0.4, 0.5) is 0 Å². The van der Waals surface area contributed by atoms with E-state index >= 15 is 0 Å². The number of hydrogen-bond donors (Lipinski definition) is 1. The van der Waals surface area contributed by atoms with Crippen molar-refractivity contribution in [3.8, 4) is 0 Å². The van der Waals surface area contributed by atoms with Gasteiger partial charge in [-0.1, -0.05) is 18.2 Å². The largest absolute Gasteiger partial charge is 0.383 e. The Hall–Kier alpha value is -1.39. The summed E-state index contributed by atoms with van der Waals surface area (Å²) in [5, 5.41) is 0. The molecule has 0 spiro atoms. The van der Waals surface area contributed by atoms with E-state index < -0.39 is 0 Å². The highest BCUT2D eigenvalue weighted by molar-refractivity contribution is 5.82. The van der Waals surface area contributed by atoms with E-state index in [9.17, 15) is 4.79 Å². The molecule has 1 aliphatic carbocycles. The molecule has 2 atom stereocenters. The van der Waals surface area contributed by atoms with Gasteiger partial charge in [-0.25, -0.2) is 0 Å². The second-order valence-electron chi connectivity index (χ2n) is 6.60. The number of methoxy groups -OCH3 is 1. The zero-order valence-corrected chi connectivity index (χ0v) is 13.4. The number of fused-ring (bicyclic) bond motifs is 1. The molecule has 1 aliphatic heterocycles. The van der Waals surface area contributed by atoms with Crippen LogP contribution < -0.4 is 5.73 Å². The van der Waals surface area contributed by atoms with Crippen LogP contribution in [-0.2, 0) is 22.5 Å². The number of hydrogen-bond acceptors (Lipinski definition) is 3. The van der Waals surface area contributed by atoms with Gasteiger partial charge in [0.2, 0.25) is 5.91 Å². The molecule has 120 valence electrons. The summed E-state index contributed by atoms with van der Waals surface area (Å²) in [6, 6.07) is 7.12. The molecule has 1 fully saturated rings. The summed E-state index contributed by atoms with van der Waals surface area (Å²) in [4.78, 5) is 14.1. The quantitative estimate of drug-likeness (QED) is 0.907. The predicted octanol–water partition coefficient (Wildman–Crippen LogP) is 2.20. The van der Waals surface area contributed by atoms with E-state index in [2.05, 4.69) is 23.1 Å². The maximum atomic E-state index is 11.6. The Bertz CT molecular complexity index is 544. The first-order valence-corrected chi connectivity index (χ1v) is 8.33. The lowest BCUT2D eigenvalue weighted by Gasteiger charge is -2.26. The van der Waals surface area contributed by atoms with E-state index in [1.165, 1.54) is 24.0 Å². The highest BCUT2D eigenvalue weighted by Gasteiger charge is 2.27. The fourth-order valence-electron chi connectivity index (χ4n) is 3.98. The fraction of sp³-hybridized carbons (Fsp3) is 0.611. The van der Waals surface area contributed by atoms with Crippen LogP contribution in [0.5, 0.6) is 0 Å². The Morgan fingerprint density at radius 2 is 2.23 bits per heavy atom. The first-order valence-electron chi connectivity index (χ1n) is 8.33. The van der Waals surface area contributed by atoms with Crippen LogP contribution in [0.15, 0.2) is 18.2 Å². The Kier molecular flexibility index (Phi) is 4.79. The smallest absolute Gasteiger partial charge is 0.224 e. The summed E-state index contributed by atoms with van der Waals surface area (Å²) in [5.41, 5.74) is 9.35. The van der Waals surface area contributed by atoms with Crippen LogP contribution in [0.3, 0.4) is 0 Å². The van der Waals surface area contributed by atoms with E-state index in [-0.39, 0.29) is 11.8 Å². The molecule has 1 heterocycles. The van der Waals surface area contributed by atoms with Gasteiger partial charge in [0.25, 0.3) is 0 Å². The number of carbonyl (C=O) groups is 1. The Labute approximate surface area is 132 Å². The molecule has 0 aromatic heterocycles. The van der Waals surface area contributed by atoms with Crippen molar-refractivity contribution in [2.24, 2.45) is 5.73 Å². The van der Waals surface area contributed by atoms with Crippen molar-refractivity contribution in [1.82, 2.24) is 4.90 Å². The monoisotopic (exact) mass is 302 g/mol. The summed E-state index contributed by atoms with van der Waals surface area (Å²) >= 11 is 0. The molecule has 0 bridgehead atoms. The number of amides is 1. The van der Waals surface area contributed by atoms with Crippen LogP contribution in [0.2, 0.25) is 0 Å². The maximum Gasteiger partial charge on any atom is 0.224 e. The number of carbonyl (C=O) groups excluding carboxylic acids is 1. The molecule has 2 N–H and O–H groups in total. The van der Waals surface area contributed by atoms with Gasteiger partial charge in [-0.15, -0.1) is 0 Å². The van der Waals surface area contributed by atoms with Gasteiger partial charge >= 0.3 is 0 Å². The minimum Gasteiger partial charge on any atom is -0.383 e. The SMILES string of the molecule is COCC1CCCN1Cc1ccc2c(c1)CCCC2C(N)=O. The number of rotatable bonds is 5. The third kappa shape index (κ3) is 3.18. The zero-order chi connectivity index (χ0) is 15.5. The molecule has 4 nitrogen and oxygen atoms in total. The Morgan fingerprint density at radius 1 is 1.36 bits per heavy atom. The summed E-state index contributed by atoms with van der Waals surface area (Å²) in [6.07, 6.45) is 5.49. The van der Waals surface area contributed by atoms with Gasteiger partial charge in [-0.3, -0.25) is 9.69 Å². The average Bonchev–Trinajstić information content (AvgIpc) is 2.94. The van der Waals surface area contributed by atoms with Crippen molar-refractivity contribution >= 4 is 5.91 Å². The van der Waals surface area contributed by atoms with E-state index in [4.69, 9.17) is 10.5 Å². The lowest BCUT2D eigenvalue weighted by atomic mass is 9.81. The Balaban J connectivity index is 1.75. The number of primary amides is 1. The fourth-order valence-corrected chi connectivity index (χ4v) is 3.98. The first kappa shape index (κ1) is 15.5. The van der Waals surface area contributed by atoms with E-state index in [0.29, 0.717) is 6.04 Å². The van der Waals surface area contributed by atoms with Gasteiger partial charge in [-0.05, 0) is 55.3 Å². The number of aryl methyl sites for hydroxylation is 1. The van der Waals surface area contributed by atoms with Gasteiger partial charge in [0.05, 0.1) is 12.5 Å². The van der Waals surface area contributed by atoms with E-state index in [1.54, 1.807) is 7.11 Å².